The zero-order chi connectivity index (χ0) is 20.1. The number of ether oxygens (including phenoxy) is 2. The molecular weight excluding hydrogens is 386 g/mol. The molecule has 2 aromatic carbocycles. The van der Waals surface area contributed by atoms with Gasteiger partial charge < -0.3 is 13.9 Å². The molecule has 0 spiro atoms. The third kappa shape index (κ3) is 4.65. The maximum Gasteiger partial charge on any atom is 0.322 e. The molecule has 0 aliphatic rings. The van der Waals surface area contributed by atoms with Crippen molar-refractivity contribution in [3.63, 3.8) is 0 Å². The van der Waals surface area contributed by atoms with Crippen LogP contribution in [0.3, 0.4) is 0 Å². The topological polar surface area (TPSA) is 121 Å². The Bertz CT molecular complexity index is 1090. The first kappa shape index (κ1) is 19.4. The molecule has 0 fully saturated rings. The number of anilines is 1. The Morgan fingerprint density at radius 1 is 1.11 bits per heavy atom. The van der Waals surface area contributed by atoms with Crippen molar-refractivity contribution in [3.05, 3.63) is 48.5 Å². The average Bonchev–Trinajstić information content (AvgIpc) is 3.14. The van der Waals surface area contributed by atoms with Crippen LogP contribution >= 0.6 is 0 Å². The van der Waals surface area contributed by atoms with Crippen LogP contribution in [0.1, 0.15) is 0 Å². The van der Waals surface area contributed by atoms with E-state index in [1.54, 1.807) is 42.5 Å². The van der Waals surface area contributed by atoms with Gasteiger partial charge in [0, 0.05) is 12.3 Å². The molecule has 146 valence electrons. The molecule has 1 N–H and O–H groups in total. The molecule has 0 bridgehead atoms. The summed E-state index contributed by atoms with van der Waals surface area (Å²) >= 11 is 0. The summed E-state index contributed by atoms with van der Waals surface area (Å²) in [5, 5.41) is 9.92. The van der Waals surface area contributed by atoms with Gasteiger partial charge in [0.2, 0.25) is 0 Å². The van der Waals surface area contributed by atoms with Crippen LogP contribution in [0.2, 0.25) is 0 Å². The lowest BCUT2D eigenvalue weighted by atomic mass is 10.2. The fraction of sp³-hybridized carbons (Fsp3) is 0.167. The van der Waals surface area contributed by atoms with E-state index in [2.05, 4.69) is 15.5 Å². The summed E-state index contributed by atoms with van der Waals surface area (Å²) < 4.78 is 39.6. The number of rotatable bonds is 7. The Morgan fingerprint density at radius 3 is 2.61 bits per heavy atom. The van der Waals surface area contributed by atoms with Crippen LogP contribution in [0.4, 0.5) is 6.01 Å². The molecule has 10 heteroatoms. The number of nitrogens with zero attached hydrogens (tertiary/aromatic N) is 2. The molecule has 0 radical (unpaired) electrons. The number of methoxy groups -OCH3 is 1. The van der Waals surface area contributed by atoms with Gasteiger partial charge in [0.15, 0.2) is 16.4 Å². The van der Waals surface area contributed by atoms with E-state index in [0.29, 0.717) is 11.5 Å². The SMILES string of the molecule is COc1cccc(OCC(=O)Nc2nnc(-c3ccccc3S(C)(=O)=O)o2)c1. The minimum atomic E-state index is -3.49. The van der Waals surface area contributed by atoms with E-state index >= 15 is 0 Å². The Morgan fingerprint density at radius 2 is 1.86 bits per heavy atom. The van der Waals surface area contributed by atoms with Gasteiger partial charge in [-0.15, -0.1) is 5.10 Å². The molecule has 0 saturated carbocycles. The molecule has 0 aliphatic carbocycles. The molecule has 1 heterocycles. The summed E-state index contributed by atoms with van der Waals surface area (Å²) in [4.78, 5) is 12.1. The Labute approximate surface area is 161 Å². The molecule has 0 unspecified atom stereocenters. The van der Waals surface area contributed by atoms with Crippen LogP contribution in [-0.2, 0) is 14.6 Å². The number of benzene rings is 2. The molecule has 9 nitrogen and oxygen atoms in total. The highest BCUT2D eigenvalue weighted by Gasteiger charge is 2.19. The van der Waals surface area contributed by atoms with E-state index in [4.69, 9.17) is 13.9 Å². The van der Waals surface area contributed by atoms with Crippen LogP contribution in [0, 0.1) is 0 Å². The Kier molecular flexibility index (Phi) is 5.59. The number of hydrogen-bond donors (Lipinski definition) is 1. The van der Waals surface area contributed by atoms with Gasteiger partial charge in [-0.1, -0.05) is 23.3 Å². The van der Waals surface area contributed by atoms with E-state index in [1.165, 1.54) is 13.2 Å². The van der Waals surface area contributed by atoms with Crippen molar-refractivity contribution in [1.29, 1.82) is 0 Å². The largest absolute Gasteiger partial charge is 0.497 e. The first-order chi connectivity index (χ1) is 13.4. The molecule has 0 atom stereocenters. The molecule has 28 heavy (non-hydrogen) atoms. The number of hydrogen-bond acceptors (Lipinski definition) is 8. The van der Waals surface area contributed by atoms with E-state index in [1.807, 2.05) is 0 Å². The molecule has 0 aliphatic heterocycles. The number of amides is 1. The van der Waals surface area contributed by atoms with Gasteiger partial charge in [-0.2, -0.15) is 0 Å². The van der Waals surface area contributed by atoms with Gasteiger partial charge in [-0.25, -0.2) is 8.42 Å². The van der Waals surface area contributed by atoms with E-state index in [0.717, 1.165) is 6.26 Å². The molecule has 3 rings (SSSR count). The summed E-state index contributed by atoms with van der Waals surface area (Å²) in [6.07, 6.45) is 1.08. The monoisotopic (exact) mass is 403 g/mol. The van der Waals surface area contributed by atoms with Crippen molar-refractivity contribution in [2.75, 3.05) is 25.3 Å². The molecule has 1 amide bonds. The molecule has 1 aromatic heterocycles. The van der Waals surface area contributed by atoms with Crippen LogP contribution in [0.5, 0.6) is 11.5 Å². The minimum Gasteiger partial charge on any atom is -0.497 e. The minimum absolute atomic E-state index is 0.0231. The number of aromatic nitrogens is 2. The summed E-state index contributed by atoms with van der Waals surface area (Å²) in [6, 6.07) is 12.9. The van der Waals surface area contributed by atoms with Crippen molar-refractivity contribution in [1.82, 2.24) is 10.2 Å². The van der Waals surface area contributed by atoms with Crippen molar-refractivity contribution in [2.45, 2.75) is 4.90 Å². The van der Waals surface area contributed by atoms with Crippen LogP contribution < -0.4 is 14.8 Å². The zero-order valence-electron chi connectivity index (χ0n) is 15.1. The quantitative estimate of drug-likeness (QED) is 0.637. The highest BCUT2D eigenvalue weighted by molar-refractivity contribution is 7.90. The fourth-order valence-corrected chi connectivity index (χ4v) is 3.23. The van der Waals surface area contributed by atoms with Crippen molar-refractivity contribution in [2.24, 2.45) is 0 Å². The van der Waals surface area contributed by atoms with Gasteiger partial charge in [0.25, 0.3) is 11.8 Å². The normalized spacial score (nSPS) is 11.1. The van der Waals surface area contributed by atoms with Crippen molar-refractivity contribution < 1.29 is 27.1 Å². The maximum atomic E-state index is 12.0. The van der Waals surface area contributed by atoms with Gasteiger partial charge in [-0.3, -0.25) is 10.1 Å². The lowest BCUT2D eigenvalue weighted by Gasteiger charge is -2.06. The highest BCUT2D eigenvalue weighted by atomic mass is 32.2. The maximum absolute atomic E-state index is 12.0. The van der Waals surface area contributed by atoms with Gasteiger partial charge in [-0.05, 0) is 24.3 Å². The number of carbonyl (C=O) groups excluding carboxylic acids is 1. The average molecular weight is 403 g/mol. The number of sulfone groups is 1. The predicted octanol–water partition coefficient (Wildman–Crippen LogP) is 2.17. The van der Waals surface area contributed by atoms with Crippen LogP contribution in [-0.4, -0.2) is 44.5 Å². The summed E-state index contributed by atoms with van der Waals surface area (Å²) in [7, 11) is -1.96. The first-order valence-corrected chi connectivity index (χ1v) is 9.95. The lowest BCUT2D eigenvalue weighted by Crippen LogP contribution is -2.20. The molecule has 3 aromatic rings. The number of carbonyl (C=O) groups is 1. The van der Waals surface area contributed by atoms with Gasteiger partial charge >= 0.3 is 6.01 Å². The van der Waals surface area contributed by atoms with Crippen molar-refractivity contribution in [3.8, 4) is 23.0 Å². The molecular formula is C18H17N3O6S. The Hall–Kier alpha value is -3.40. The standard InChI is InChI=1S/C18H17N3O6S/c1-25-12-6-5-7-13(10-12)26-11-16(22)19-18-21-20-17(27-18)14-8-3-4-9-15(14)28(2,23)24/h3-10H,11H2,1-2H3,(H,19,21,22). The van der Waals surface area contributed by atoms with Crippen LogP contribution in [0.25, 0.3) is 11.5 Å². The second-order valence-corrected chi connectivity index (χ2v) is 7.68. The van der Waals surface area contributed by atoms with E-state index < -0.39 is 15.7 Å². The van der Waals surface area contributed by atoms with Gasteiger partial charge in [0.05, 0.1) is 17.6 Å². The predicted molar refractivity (Wildman–Crippen MR) is 100.0 cm³/mol. The van der Waals surface area contributed by atoms with Crippen LogP contribution in [0.15, 0.2) is 57.8 Å². The summed E-state index contributed by atoms with van der Waals surface area (Å²) in [5.74, 6) is 0.520. The fourth-order valence-electron chi connectivity index (χ4n) is 2.34. The first-order valence-electron chi connectivity index (χ1n) is 8.06. The Balaban J connectivity index is 1.67. The zero-order valence-corrected chi connectivity index (χ0v) is 15.9. The summed E-state index contributed by atoms with van der Waals surface area (Å²) in [6.45, 7) is -0.287. The third-order valence-electron chi connectivity index (χ3n) is 3.60. The van der Waals surface area contributed by atoms with E-state index in [9.17, 15) is 13.2 Å². The number of nitrogens with one attached hydrogen (secondary N) is 1. The second kappa shape index (κ2) is 8.09. The lowest BCUT2D eigenvalue weighted by molar-refractivity contribution is -0.118. The van der Waals surface area contributed by atoms with E-state index in [-0.39, 0.29) is 29.0 Å². The molecule has 0 saturated heterocycles. The third-order valence-corrected chi connectivity index (χ3v) is 4.75. The smallest absolute Gasteiger partial charge is 0.322 e. The summed E-state index contributed by atoms with van der Waals surface area (Å²) in [5.41, 5.74) is 0.255. The highest BCUT2D eigenvalue weighted by Crippen LogP contribution is 2.27. The van der Waals surface area contributed by atoms with Gasteiger partial charge in [0.1, 0.15) is 11.5 Å². The van der Waals surface area contributed by atoms with Crippen molar-refractivity contribution >= 4 is 21.8 Å². The second-order valence-electron chi connectivity index (χ2n) is 5.70.